The van der Waals surface area contributed by atoms with Gasteiger partial charge < -0.3 is 19.3 Å². The molecule has 1 aliphatic rings. The van der Waals surface area contributed by atoms with E-state index < -0.39 is 18.0 Å². The molecule has 3 aromatic rings. The zero-order valence-electron chi connectivity index (χ0n) is 14.4. The molecule has 1 atom stereocenters. The van der Waals surface area contributed by atoms with Crippen molar-refractivity contribution < 1.29 is 23.6 Å². The summed E-state index contributed by atoms with van der Waals surface area (Å²) >= 11 is 5.85. The van der Waals surface area contributed by atoms with Crippen LogP contribution >= 0.6 is 11.6 Å². The highest BCUT2D eigenvalue weighted by Crippen LogP contribution is 2.29. The van der Waals surface area contributed by atoms with Crippen molar-refractivity contribution >= 4 is 29.2 Å². The molecule has 2 aromatic carbocycles. The molecule has 9 heteroatoms. The number of nitrogens with zero attached hydrogens (tertiary/aromatic N) is 2. The SMILES string of the molecule is O=C(C[C@H]1Oc2ccccc2NC1=O)OCc1nc(-c2ccc(Cl)cc2)no1. The lowest BCUT2D eigenvalue weighted by Crippen LogP contribution is -2.38. The Bertz CT molecular complexity index is 1020. The van der Waals surface area contributed by atoms with Gasteiger partial charge in [-0.15, -0.1) is 0 Å². The number of benzene rings is 2. The molecule has 0 fully saturated rings. The molecule has 0 radical (unpaired) electrons. The van der Waals surface area contributed by atoms with Gasteiger partial charge in [0.2, 0.25) is 5.82 Å². The minimum absolute atomic E-state index is 0.137. The van der Waals surface area contributed by atoms with Crippen LogP contribution in [-0.4, -0.2) is 28.1 Å². The predicted molar refractivity (Wildman–Crippen MR) is 98.6 cm³/mol. The van der Waals surface area contributed by atoms with Crippen molar-refractivity contribution in [3.05, 3.63) is 59.4 Å². The molecule has 1 aliphatic heterocycles. The molecule has 142 valence electrons. The minimum Gasteiger partial charge on any atom is -0.478 e. The van der Waals surface area contributed by atoms with Crippen LogP contribution in [0.15, 0.2) is 53.1 Å². The van der Waals surface area contributed by atoms with E-state index in [0.29, 0.717) is 22.3 Å². The zero-order chi connectivity index (χ0) is 19.5. The Morgan fingerprint density at radius 2 is 1.96 bits per heavy atom. The number of ether oxygens (including phenoxy) is 2. The number of rotatable bonds is 5. The topological polar surface area (TPSA) is 104 Å². The molecule has 2 heterocycles. The average molecular weight is 400 g/mol. The van der Waals surface area contributed by atoms with E-state index >= 15 is 0 Å². The first-order valence-electron chi connectivity index (χ1n) is 8.39. The largest absolute Gasteiger partial charge is 0.478 e. The molecular weight excluding hydrogens is 386 g/mol. The Morgan fingerprint density at radius 3 is 2.79 bits per heavy atom. The second-order valence-corrected chi connectivity index (χ2v) is 6.41. The number of para-hydroxylation sites is 2. The van der Waals surface area contributed by atoms with Gasteiger partial charge in [-0.25, -0.2) is 0 Å². The number of anilines is 1. The third-order valence-electron chi connectivity index (χ3n) is 3.99. The molecule has 8 nitrogen and oxygen atoms in total. The third kappa shape index (κ3) is 3.96. The first-order valence-corrected chi connectivity index (χ1v) is 8.77. The van der Waals surface area contributed by atoms with Crippen LogP contribution in [0.2, 0.25) is 5.02 Å². The van der Waals surface area contributed by atoms with Gasteiger partial charge in [-0.1, -0.05) is 28.9 Å². The van der Waals surface area contributed by atoms with Gasteiger partial charge in [-0.05, 0) is 36.4 Å². The first kappa shape index (κ1) is 18.0. The lowest BCUT2D eigenvalue weighted by atomic mass is 10.1. The van der Waals surface area contributed by atoms with Crippen LogP contribution in [0.4, 0.5) is 5.69 Å². The summed E-state index contributed by atoms with van der Waals surface area (Å²) in [6.07, 6.45) is -1.20. The number of carbonyl (C=O) groups excluding carboxylic acids is 2. The van der Waals surface area contributed by atoms with E-state index in [0.717, 1.165) is 5.56 Å². The fourth-order valence-corrected chi connectivity index (χ4v) is 2.74. The maximum absolute atomic E-state index is 12.1. The maximum Gasteiger partial charge on any atom is 0.310 e. The number of esters is 1. The van der Waals surface area contributed by atoms with E-state index in [-0.39, 0.29) is 18.9 Å². The number of nitrogens with one attached hydrogen (secondary N) is 1. The third-order valence-corrected chi connectivity index (χ3v) is 4.24. The summed E-state index contributed by atoms with van der Waals surface area (Å²) in [5, 5.41) is 7.13. The molecule has 0 aliphatic carbocycles. The monoisotopic (exact) mass is 399 g/mol. The second-order valence-electron chi connectivity index (χ2n) is 5.98. The highest BCUT2D eigenvalue weighted by molar-refractivity contribution is 6.30. The summed E-state index contributed by atoms with van der Waals surface area (Å²) in [6.45, 7) is -0.204. The fourth-order valence-electron chi connectivity index (χ4n) is 2.61. The number of hydrogen-bond acceptors (Lipinski definition) is 7. The smallest absolute Gasteiger partial charge is 0.310 e. The van der Waals surface area contributed by atoms with Gasteiger partial charge in [0.25, 0.3) is 11.8 Å². The van der Waals surface area contributed by atoms with Crippen LogP contribution in [0.1, 0.15) is 12.3 Å². The Morgan fingerprint density at radius 1 is 1.18 bits per heavy atom. The molecule has 0 saturated heterocycles. The summed E-state index contributed by atoms with van der Waals surface area (Å²) in [5.74, 6) is -0.0272. The van der Waals surface area contributed by atoms with E-state index in [9.17, 15) is 9.59 Å². The number of carbonyl (C=O) groups is 2. The normalized spacial score (nSPS) is 15.3. The number of hydrogen-bond donors (Lipinski definition) is 1. The van der Waals surface area contributed by atoms with Crippen LogP contribution in [0, 0.1) is 0 Å². The summed E-state index contributed by atoms with van der Waals surface area (Å²) < 4.78 is 15.8. The van der Waals surface area contributed by atoms with Gasteiger partial charge in [-0.2, -0.15) is 4.98 Å². The maximum atomic E-state index is 12.1. The fraction of sp³-hybridized carbons (Fsp3) is 0.158. The lowest BCUT2D eigenvalue weighted by molar-refractivity contribution is -0.149. The molecule has 0 bridgehead atoms. The van der Waals surface area contributed by atoms with Gasteiger partial charge >= 0.3 is 5.97 Å². The average Bonchev–Trinajstić information content (AvgIpc) is 3.16. The molecule has 1 aromatic heterocycles. The van der Waals surface area contributed by atoms with Crippen LogP contribution in [-0.2, 0) is 20.9 Å². The highest BCUT2D eigenvalue weighted by atomic mass is 35.5. The van der Waals surface area contributed by atoms with E-state index in [2.05, 4.69) is 15.5 Å². The van der Waals surface area contributed by atoms with Crippen LogP contribution < -0.4 is 10.1 Å². The highest BCUT2D eigenvalue weighted by Gasteiger charge is 2.30. The molecule has 1 N–H and O–H groups in total. The molecule has 4 rings (SSSR count). The van der Waals surface area contributed by atoms with Crippen molar-refractivity contribution in [1.29, 1.82) is 0 Å². The molecule has 0 spiro atoms. The van der Waals surface area contributed by atoms with Crippen molar-refractivity contribution in [3.63, 3.8) is 0 Å². The van der Waals surface area contributed by atoms with Gasteiger partial charge in [0.05, 0.1) is 12.1 Å². The molecule has 1 amide bonds. The number of halogens is 1. The van der Waals surface area contributed by atoms with Gasteiger partial charge in [0.15, 0.2) is 12.7 Å². The van der Waals surface area contributed by atoms with Crippen LogP contribution in [0.3, 0.4) is 0 Å². The van der Waals surface area contributed by atoms with Crippen molar-refractivity contribution in [2.24, 2.45) is 0 Å². The zero-order valence-corrected chi connectivity index (χ0v) is 15.2. The number of fused-ring (bicyclic) bond motifs is 1. The summed E-state index contributed by atoms with van der Waals surface area (Å²) in [4.78, 5) is 28.3. The first-order chi connectivity index (χ1) is 13.6. The van der Waals surface area contributed by atoms with Crippen LogP contribution in [0.5, 0.6) is 5.75 Å². The van der Waals surface area contributed by atoms with E-state index in [1.807, 2.05) is 0 Å². The Kier molecular flexibility index (Phi) is 4.94. The van der Waals surface area contributed by atoms with Gasteiger partial charge in [-0.3, -0.25) is 9.59 Å². The van der Waals surface area contributed by atoms with E-state index in [4.69, 9.17) is 25.6 Å². The Hall–Kier alpha value is -3.39. The molecular formula is C19H14ClN3O5. The summed E-state index contributed by atoms with van der Waals surface area (Å²) in [6, 6.07) is 13.9. The van der Waals surface area contributed by atoms with E-state index in [1.54, 1.807) is 48.5 Å². The van der Waals surface area contributed by atoms with Gasteiger partial charge in [0, 0.05) is 10.6 Å². The Balaban J connectivity index is 1.33. The number of aromatic nitrogens is 2. The Labute approximate surface area is 164 Å². The lowest BCUT2D eigenvalue weighted by Gasteiger charge is -2.24. The summed E-state index contributed by atoms with van der Waals surface area (Å²) in [7, 11) is 0. The van der Waals surface area contributed by atoms with Crippen molar-refractivity contribution in [2.45, 2.75) is 19.1 Å². The van der Waals surface area contributed by atoms with Crippen molar-refractivity contribution in [2.75, 3.05) is 5.32 Å². The molecule has 0 unspecified atom stereocenters. The van der Waals surface area contributed by atoms with Gasteiger partial charge in [0.1, 0.15) is 5.75 Å². The predicted octanol–water partition coefficient (Wildman–Crippen LogP) is 3.22. The molecule has 0 saturated carbocycles. The van der Waals surface area contributed by atoms with Crippen LogP contribution in [0.25, 0.3) is 11.4 Å². The standard InChI is InChI=1S/C19H14ClN3O5/c20-12-7-5-11(6-8-12)18-22-16(28-23-18)10-26-17(24)9-15-19(25)21-13-3-1-2-4-14(13)27-15/h1-8,15H,9-10H2,(H,21,25)/t15-/m1/s1. The minimum atomic E-state index is -0.963. The van der Waals surface area contributed by atoms with Crippen molar-refractivity contribution in [3.8, 4) is 17.1 Å². The number of amides is 1. The van der Waals surface area contributed by atoms with Crippen molar-refractivity contribution in [1.82, 2.24) is 10.1 Å². The summed E-state index contributed by atoms with van der Waals surface area (Å²) in [5.41, 5.74) is 1.29. The second kappa shape index (κ2) is 7.69. The van der Waals surface area contributed by atoms with E-state index in [1.165, 1.54) is 0 Å². The quantitative estimate of drug-likeness (QED) is 0.657. The molecule has 28 heavy (non-hydrogen) atoms.